The van der Waals surface area contributed by atoms with Crippen LogP contribution in [0.4, 0.5) is 13.2 Å². The Morgan fingerprint density at radius 1 is 1.17 bits per heavy atom. The van der Waals surface area contributed by atoms with E-state index in [9.17, 15) is 21.6 Å². The van der Waals surface area contributed by atoms with Gasteiger partial charge >= 0.3 is 6.18 Å². The Kier molecular flexibility index (Phi) is 6.94. The van der Waals surface area contributed by atoms with Gasteiger partial charge in [-0.05, 0) is 62.9 Å². The Morgan fingerprint density at radius 3 is 2.39 bits per heavy atom. The summed E-state index contributed by atoms with van der Waals surface area (Å²) in [6.45, 7) is 2.81. The minimum Gasteiger partial charge on any atom is -0.377 e. The van der Waals surface area contributed by atoms with Crippen LogP contribution in [0.2, 0.25) is 0 Å². The fourth-order valence-electron chi connectivity index (χ4n) is 4.84. The fraction of sp³-hybridized carbons (Fsp3) is 0.520. The van der Waals surface area contributed by atoms with E-state index in [1.807, 2.05) is 41.7 Å². The van der Waals surface area contributed by atoms with Gasteiger partial charge in [0.15, 0.2) is 5.54 Å². The topological polar surface area (TPSA) is 95.3 Å². The summed E-state index contributed by atoms with van der Waals surface area (Å²) in [6, 6.07) is 14.3. The standard InChI is InChI=1S/C25H29F3N4O3S/c1-22(2,21-5-3-4-13-30-21)32-14-12-23(16-32,11-10-19-6-8-20(15-29)9-7-19)36(33,34)31-24(17-35-18-24)25(26,27)28/h3-9,13,31H,10-12,14,16-18H2,1-2H3/t23-/m1/s1. The summed E-state index contributed by atoms with van der Waals surface area (Å²) in [4.78, 5) is 6.41. The van der Waals surface area contributed by atoms with Gasteiger partial charge in [0, 0.05) is 19.3 Å². The van der Waals surface area contributed by atoms with E-state index in [2.05, 4.69) is 4.98 Å². The van der Waals surface area contributed by atoms with E-state index in [4.69, 9.17) is 10.00 Å². The van der Waals surface area contributed by atoms with Gasteiger partial charge in [-0.15, -0.1) is 0 Å². The summed E-state index contributed by atoms with van der Waals surface area (Å²) in [5.74, 6) is 0. The lowest BCUT2D eigenvalue weighted by Gasteiger charge is -2.45. The number of nitrogens with one attached hydrogen (secondary N) is 1. The number of hydrogen-bond donors (Lipinski definition) is 1. The average Bonchev–Trinajstić information content (AvgIpc) is 3.28. The van der Waals surface area contributed by atoms with Crippen LogP contribution in [0.5, 0.6) is 0 Å². The molecule has 1 aromatic heterocycles. The number of sulfonamides is 1. The summed E-state index contributed by atoms with van der Waals surface area (Å²) in [7, 11) is -4.45. The number of ether oxygens (including phenoxy) is 1. The van der Waals surface area contributed by atoms with Gasteiger partial charge in [-0.2, -0.15) is 23.2 Å². The second-order valence-electron chi connectivity index (χ2n) is 10.1. The molecule has 4 rings (SSSR count). The van der Waals surface area contributed by atoms with Crippen molar-refractivity contribution < 1.29 is 26.3 Å². The number of nitrogens with zero attached hydrogens (tertiary/aromatic N) is 3. The van der Waals surface area contributed by atoms with Gasteiger partial charge in [-0.3, -0.25) is 9.88 Å². The maximum Gasteiger partial charge on any atom is 0.412 e. The number of alkyl halides is 3. The average molecular weight is 523 g/mol. The predicted molar refractivity (Wildman–Crippen MR) is 127 cm³/mol. The minimum atomic E-state index is -4.78. The van der Waals surface area contributed by atoms with Crippen LogP contribution in [0.3, 0.4) is 0 Å². The zero-order valence-electron chi connectivity index (χ0n) is 20.2. The third kappa shape index (κ3) is 4.75. The lowest BCUT2D eigenvalue weighted by Crippen LogP contribution is -2.72. The Labute approximate surface area is 209 Å². The van der Waals surface area contributed by atoms with Crippen molar-refractivity contribution in [2.45, 2.75) is 55.1 Å². The molecule has 0 amide bonds. The van der Waals surface area contributed by atoms with Crippen LogP contribution in [-0.4, -0.2) is 61.1 Å². The normalized spacial score (nSPS) is 22.7. The Bertz CT molecular complexity index is 1220. The third-order valence-corrected chi connectivity index (χ3v) is 9.83. The smallest absolute Gasteiger partial charge is 0.377 e. The number of aromatic nitrogens is 1. The summed E-state index contributed by atoms with van der Waals surface area (Å²) < 4.78 is 74.5. The number of likely N-dealkylation sites (tertiary alicyclic amines) is 1. The number of nitriles is 1. The molecule has 2 aliphatic heterocycles. The molecule has 11 heteroatoms. The van der Waals surface area contributed by atoms with Crippen LogP contribution in [-0.2, 0) is 26.7 Å². The highest BCUT2D eigenvalue weighted by atomic mass is 32.2. The number of halogens is 3. The van der Waals surface area contributed by atoms with E-state index in [1.54, 1.807) is 36.5 Å². The molecule has 0 radical (unpaired) electrons. The minimum absolute atomic E-state index is 0.0526. The highest BCUT2D eigenvalue weighted by Crippen LogP contribution is 2.43. The van der Waals surface area contributed by atoms with Crippen molar-refractivity contribution in [1.29, 1.82) is 5.26 Å². The Morgan fingerprint density at radius 2 is 1.86 bits per heavy atom. The van der Waals surface area contributed by atoms with Crippen molar-refractivity contribution in [1.82, 2.24) is 14.6 Å². The van der Waals surface area contributed by atoms with Gasteiger partial charge in [0.05, 0.1) is 36.1 Å². The highest BCUT2D eigenvalue weighted by Gasteiger charge is 2.64. The van der Waals surface area contributed by atoms with Crippen LogP contribution < -0.4 is 4.72 Å². The third-order valence-electron chi connectivity index (χ3n) is 7.49. The highest BCUT2D eigenvalue weighted by molar-refractivity contribution is 7.91. The SMILES string of the molecule is CC(C)(c1ccccn1)N1CC[C@@](CCc2ccc(C#N)cc2)(S(=O)(=O)NC2(C(F)(F)F)COC2)C1. The van der Waals surface area contributed by atoms with Crippen LogP contribution in [0.25, 0.3) is 0 Å². The Hall–Kier alpha value is -2.52. The van der Waals surface area contributed by atoms with Crippen molar-refractivity contribution in [3.8, 4) is 6.07 Å². The molecule has 0 aliphatic carbocycles. The number of benzene rings is 1. The first kappa shape index (κ1) is 26.5. The van der Waals surface area contributed by atoms with E-state index < -0.39 is 45.2 Å². The van der Waals surface area contributed by atoms with Gasteiger partial charge in [0.2, 0.25) is 10.0 Å². The van der Waals surface area contributed by atoms with Gasteiger partial charge in [-0.25, -0.2) is 8.42 Å². The molecule has 3 heterocycles. The molecule has 2 aromatic rings. The van der Waals surface area contributed by atoms with Gasteiger partial charge < -0.3 is 4.74 Å². The molecule has 0 bridgehead atoms. The van der Waals surface area contributed by atoms with E-state index in [0.29, 0.717) is 18.5 Å². The van der Waals surface area contributed by atoms with Crippen LogP contribution in [0, 0.1) is 11.3 Å². The first-order valence-corrected chi connectivity index (χ1v) is 13.2. The number of rotatable bonds is 8. The van der Waals surface area contributed by atoms with E-state index in [1.165, 1.54) is 0 Å². The number of aryl methyl sites for hydroxylation is 1. The van der Waals surface area contributed by atoms with Gasteiger partial charge in [-0.1, -0.05) is 18.2 Å². The fourth-order valence-corrected chi connectivity index (χ4v) is 6.86. The predicted octanol–water partition coefficient (Wildman–Crippen LogP) is 3.52. The summed E-state index contributed by atoms with van der Waals surface area (Å²) in [5, 5.41) is 9.03. The quantitative estimate of drug-likeness (QED) is 0.570. The maximum atomic E-state index is 13.9. The van der Waals surface area contributed by atoms with Gasteiger partial charge in [0.1, 0.15) is 4.75 Å². The largest absolute Gasteiger partial charge is 0.412 e. The first-order valence-electron chi connectivity index (χ1n) is 11.7. The van der Waals surface area contributed by atoms with E-state index in [-0.39, 0.29) is 19.4 Å². The van der Waals surface area contributed by atoms with Crippen LogP contribution >= 0.6 is 0 Å². The van der Waals surface area contributed by atoms with Crippen LogP contribution in [0.15, 0.2) is 48.7 Å². The molecule has 7 nitrogen and oxygen atoms in total. The molecular formula is C25H29F3N4O3S. The zero-order chi connectivity index (χ0) is 26.2. The molecule has 0 unspecified atom stereocenters. The van der Waals surface area contributed by atoms with Crippen molar-refractivity contribution in [3.05, 3.63) is 65.5 Å². The second-order valence-corrected chi connectivity index (χ2v) is 12.2. The second kappa shape index (κ2) is 9.41. The first-order chi connectivity index (χ1) is 16.8. The van der Waals surface area contributed by atoms with Crippen molar-refractivity contribution >= 4 is 10.0 Å². The van der Waals surface area contributed by atoms with Crippen molar-refractivity contribution in [2.24, 2.45) is 0 Å². The van der Waals surface area contributed by atoms with Crippen molar-refractivity contribution in [2.75, 3.05) is 26.3 Å². The maximum absolute atomic E-state index is 13.9. The summed E-state index contributed by atoms with van der Waals surface area (Å²) >= 11 is 0. The molecular weight excluding hydrogens is 493 g/mol. The molecule has 194 valence electrons. The molecule has 1 atom stereocenters. The van der Waals surface area contributed by atoms with Gasteiger partial charge in [0.25, 0.3) is 0 Å². The molecule has 36 heavy (non-hydrogen) atoms. The Balaban J connectivity index is 1.65. The molecule has 0 saturated carbocycles. The molecule has 2 aliphatic rings. The van der Waals surface area contributed by atoms with E-state index >= 15 is 0 Å². The molecule has 1 aromatic carbocycles. The molecule has 2 saturated heterocycles. The monoisotopic (exact) mass is 522 g/mol. The summed E-state index contributed by atoms with van der Waals surface area (Å²) in [5.41, 5.74) is -1.21. The lowest BCUT2D eigenvalue weighted by molar-refractivity contribution is -0.260. The zero-order valence-corrected chi connectivity index (χ0v) is 21.0. The number of hydrogen-bond acceptors (Lipinski definition) is 6. The molecule has 2 fully saturated rings. The number of pyridine rings is 1. The van der Waals surface area contributed by atoms with Crippen molar-refractivity contribution in [3.63, 3.8) is 0 Å². The molecule has 0 spiro atoms. The summed E-state index contributed by atoms with van der Waals surface area (Å²) in [6.07, 6.45) is -2.49. The lowest BCUT2D eigenvalue weighted by atomic mass is 9.95. The van der Waals surface area contributed by atoms with Crippen LogP contribution in [0.1, 0.15) is 43.5 Å². The van der Waals surface area contributed by atoms with E-state index in [0.717, 1.165) is 11.3 Å². The molecule has 1 N–H and O–H groups in total.